The number of hydrogen-bond donors (Lipinski definition) is 1. The van der Waals surface area contributed by atoms with E-state index in [0.29, 0.717) is 0 Å². The van der Waals surface area contributed by atoms with Crippen molar-refractivity contribution >= 4 is 0 Å². The maximum absolute atomic E-state index is 5.86. The van der Waals surface area contributed by atoms with Crippen molar-refractivity contribution in [1.29, 1.82) is 0 Å². The van der Waals surface area contributed by atoms with E-state index in [9.17, 15) is 0 Å². The molecule has 1 aromatic carbocycles. The fraction of sp³-hybridized carbons (Fsp3) is 0.647. The third kappa shape index (κ3) is 4.19. The Balaban J connectivity index is 1.42. The predicted octanol–water partition coefficient (Wildman–Crippen LogP) is 1.55. The average Bonchev–Trinajstić information content (AvgIpc) is 2.51. The lowest BCUT2D eigenvalue weighted by Crippen LogP contribution is -2.44. The number of ether oxygens (including phenoxy) is 2. The molecular weight excluding hydrogens is 264 g/mol. The quantitative estimate of drug-likeness (QED) is 0.862. The molecule has 2 aliphatic rings. The molecule has 0 amide bonds. The standard InChI is InChI=1S/C17H26N2O2/c1-17(12-20-13-17)14-21-16-4-2-15(3-5-16)6-9-19-10-7-18-8-11-19/h2-5,18H,6-14H2,1H3. The van der Waals surface area contributed by atoms with Crippen molar-refractivity contribution in [1.82, 2.24) is 10.2 Å². The lowest BCUT2D eigenvalue weighted by molar-refractivity contribution is -0.120. The average molecular weight is 290 g/mol. The summed E-state index contributed by atoms with van der Waals surface area (Å²) in [6.45, 7) is 10.3. The van der Waals surface area contributed by atoms with Gasteiger partial charge in [-0.25, -0.2) is 0 Å². The summed E-state index contributed by atoms with van der Waals surface area (Å²) in [5.74, 6) is 0.967. The van der Waals surface area contributed by atoms with Crippen molar-refractivity contribution in [3.05, 3.63) is 29.8 Å². The van der Waals surface area contributed by atoms with Crippen LogP contribution in [0, 0.1) is 5.41 Å². The van der Waals surface area contributed by atoms with Crippen LogP contribution in [0.5, 0.6) is 5.75 Å². The van der Waals surface area contributed by atoms with Crippen molar-refractivity contribution in [3.63, 3.8) is 0 Å². The van der Waals surface area contributed by atoms with Gasteiger partial charge in [-0.05, 0) is 24.1 Å². The Kier molecular flexibility index (Phi) is 4.78. The van der Waals surface area contributed by atoms with Gasteiger partial charge in [-0.1, -0.05) is 19.1 Å². The van der Waals surface area contributed by atoms with E-state index in [1.807, 2.05) is 0 Å². The van der Waals surface area contributed by atoms with Crippen LogP contribution in [-0.4, -0.2) is 57.4 Å². The fourth-order valence-electron chi connectivity index (χ4n) is 2.77. The van der Waals surface area contributed by atoms with E-state index in [2.05, 4.69) is 41.4 Å². The minimum absolute atomic E-state index is 0.209. The van der Waals surface area contributed by atoms with E-state index in [0.717, 1.165) is 51.6 Å². The molecule has 1 aromatic rings. The molecule has 2 fully saturated rings. The highest BCUT2D eigenvalue weighted by Crippen LogP contribution is 2.27. The molecule has 0 saturated carbocycles. The van der Waals surface area contributed by atoms with Gasteiger partial charge in [0.2, 0.25) is 0 Å². The van der Waals surface area contributed by atoms with Gasteiger partial charge in [0.15, 0.2) is 0 Å². The van der Waals surface area contributed by atoms with Crippen LogP contribution in [0.1, 0.15) is 12.5 Å². The van der Waals surface area contributed by atoms with Gasteiger partial charge in [-0.2, -0.15) is 0 Å². The molecule has 4 nitrogen and oxygen atoms in total. The van der Waals surface area contributed by atoms with E-state index in [1.54, 1.807) is 0 Å². The minimum atomic E-state index is 0.209. The molecule has 116 valence electrons. The Morgan fingerprint density at radius 2 is 1.90 bits per heavy atom. The Morgan fingerprint density at radius 3 is 2.52 bits per heavy atom. The van der Waals surface area contributed by atoms with E-state index in [1.165, 1.54) is 18.7 Å². The third-order valence-electron chi connectivity index (χ3n) is 4.34. The number of rotatable bonds is 6. The molecule has 0 spiro atoms. The number of hydrogen-bond acceptors (Lipinski definition) is 4. The lowest BCUT2D eigenvalue weighted by Gasteiger charge is -2.37. The monoisotopic (exact) mass is 290 g/mol. The molecule has 3 rings (SSSR count). The Bertz CT molecular complexity index is 437. The minimum Gasteiger partial charge on any atom is -0.493 e. The van der Waals surface area contributed by atoms with Gasteiger partial charge in [0.25, 0.3) is 0 Å². The summed E-state index contributed by atoms with van der Waals surface area (Å²) in [6, 6.07) is 8.57. The zero-order valence-corrected chi connectivity index (χ0v) is 12.9. The molecule has 1 N–H and O–H groups in total. The van der Waals surface area contributed by atoms with Crippen LogP contribution in [-0.2, 0) is 11.2 Å². The number of nitrogens with one attached hydrogen (secondary N) is 1. The predicted molar refractivity (Wildman–Crippen MR) is 83.9 cm³/mol. The first-order valence-electron chi connectivity index (χ1n) is 7.96. The van der Waals surface area contributed by atoms with Gasteiger partial charge in [-0.3, -0.25) is 0 Å². The number of nitrogens with zero attached hydrogens (tertiary/aromatic N) is 1. The van der Waals surface area contributed by atoms with Crippen molar-refractivity contribution in [2.24, 2.45) is 5.41 Å². The van der Waals surface area contributed by atoms with Crippen LogP contribution < -0.4 is 10.1 Å². The highest BCUT2D eigenvalue weighted by atomic mass is 16.5. The molecule has 2 aliphatic heterocycles. The maximum Gasteiger partial charge on any atom is 0.119 e. The van der Waals surface area contributed by atoms with Gasteiger partial charge in [0.1, 0.15) is 5.75 Å². The zero-order chi connectivity index (χ0) is 14.5. The topological polar surface area (TPSA) is 33.7 Å². The van der Waals surface area contributed by atoms with Crippen molar-refractivity contribution < 1.29 is 9.47 Å². The molecule has 0 radical (unpaired) electrons. The lowest BCUT2D eigenvalue weighted by atomic mass is 9.90. The largest absolute Gasteiger partial charge is 0.493 e. The van der Waals surface area contributed by atoms with Gasteiger partial charge in [0, 0.05) is 38.1 Å². The highest BCUT2D eigenvalue weighted by Gasteiger charge is 2.34. The van der Waals surface area contributed by atoms with Gasteiger partial charge < -0.3 is 19.7 Å². The smallest absolute Gasteiger partial charge is 0.119 e. The summed E-state index contributed by atoms with van der Waals surface area (Å²) in [5.41, 5.74) is 1.60. The van der Waals surface area contributed by atoms with Crippen LogP contribution in [0.15, 0.2) is 24.3 Å². The summed E-state index contributed by atoms with van der Waals surface area (Å²) in [7, 11) is 0. The molecule has 0 bridgehead atoms. The van der Waals surface area contributed by atoms with Crippen molar-refractivity contribution in [2.75, 3.05) is 52.5 Å². The van der Waals surface area contributed by atoms with Gasteiger partial charge in [-0.15, -0.1) is 0 Å². The summed E-state index contributed by atoms with van der Waals surface area (Å²) in [4.78, 5) is 2.53. The number of piperazine rings is 1. The summed E-state index contributed by atoms with van der Waals surface area (Å²) >= 11 is 0. The van der Waals surface area contributed by atoms with E-state index in [-0.39, 0.29) is 5.41 Å². The molecule has 0 aromatic heterocycles. The number of benzene rings is 1. The molecule has 0 atom stereocenters. The van der Waals surface area contributed by atoms with E-state index < -0.39 is 0 Å². The van der Waals surface area contributed by atoms with Crippen LogP contribution in [0.3, 0.4) is 0 Å². The van der Waals surface area contributed by atoms with Crippen LogP contribution in [0.2, 0.25) is 0 Å². The van der Waals surface area contributed by atoms with Gasteiger partial charge in [0.05, 0.1) is 19.8 Å². The second-order valence-corrected chi connectivity index (χ2v) is 6.58. The molecule has 0 aliphatic carbocycles. The normalized spacial score (nSPS) is 21.8. The molecule has 2 heterocycles. The highest BCUT2D eigenvalue weighted by molar-refractivity contribution is 5.27. The first kappa shape index (κ1) is 14.8. The molecule has 0 unspecified atom stereocenters. The summed E-state index contributed by atoms with van der Waals surface area (Å²) in [6.07, 6.45) is 1.12. The second kappa shape index (κ2) is 6.77. The first-order valence-corrected chi connectivity index (χ1v) is 7.96. The molecule has 2 saturated heterocycles. The van der Waals surface area contributed by atoms with Crippen LogP contribution in [0.25, 0.3) is 0 Å². The summed E-state index contributed by atoms with van der Waals surface area (Å²) in [5, 5.41) is 3.39. The van der Waals surface area contributed by atoms with E-state index in [4.69, 9.17) is 9.47 Å². The molecule has 4 heteroatoms. The van der Waals surface area contributed by atoms with Gasteiger partial charge >= 0.3 is 0 Å². The SMILES string of the molecule is CC1(COc2ccc(CCN3CCNCC3)cc2)COC1. The van der Waals surface area contributed by atoms with Crippen LogP contribution >= 0.6 is 0 Å². The maximum atomic E-state index is 5.86. The molecule has 21 heavy (non-hydrogen) atoms. The third-order valence-corrected chi connectivity index (χ3v) is 4.34. The Hall–Kier alpha value is -1.10. The van der Waals surface area contributed by atoms with Crippen molar-refractivity contribution in [3.8, 4) is 5.75 Å². The molecular formula is C17H26N2O2. The first-order chi connectivity index (χ1) is 10.2. The second-order valence-electron chi connectivity index (χ2n) is 6.58. The van der Waals surface area contributed by atoms with Crippen molar-refractivity contribution in [2.45, 2.75) is 13.3 Å². The fourth-order valence-corrected chi connectivity index (χ4v) is 2.77. The van der Waals surface area contributed by atoms with Crippen LogP contribution in [0.4, 0.5) is 0 Å². The summed E-state index contributed by atoms with van der Waals surface area (Å²) < 4.78 is 11.1. The Labute approximate surface area is 127 Å². The Morgan fingerprint density at radius 1 is 1.19 bits per heavy atom. The zero-order valence-electron chi connectivity index (χ0n) is 12.9. The van der Waals surface area contributed by atoms with E-state index >= 15 is 0 Å².